The topological polar surface area (TPSA) is 30.5 Å². The van der Waals surface area contributed by atoms with E-state index in [2.05, 4.69) is 9.57 Å². The molecular weight excluding hydrogens is 268 g/mol. The smallest absolute Gasteiger partial charge is 0.261 e. The lowest BCUT2D eigenvalue weighted by molar-refractivity contribution is -0.420. The molecule has 1 rings (SSSR count). The molecule has 1 N–H and O–H groups in total. The van der Waals surface area contributed by atoms with Crippen LogP contribution >= 0.6 is 0 Å². The first-order valence-electron chi connectivity index (χ1n) is 4.46. The van der Waals surface area contributed by atoms with Gasteiger partial charge in [-0.25, -0.2) is 9.13 Å². The Bertz CT molecular complexity index is 369. The number of para-hydroxylation sites is 1. The van der Waals surface area contributed by atoms with Crippen molar-refractivity contribution in [2.75, 3.05) is 5.48 Å². The maximum Gasteiger partial charge on any atom is 0.525 e. The number of rotatable bonds is 5. The summed E-state index contributed by atoms with van der Waals surface area (Å²) in [7, 11) is 0. The Kier molecular flexibility index (Phi) is 4.41. The molecule has 9 heteroatoms. The first-order chi connectivity index (χ1) is 8.21. The van der Waals surface area contributed by atoms with Crippen LogP contribution in [-0.2, 0) is 9.57 Å². The Morgan fingerprint density at radius 3 is 2.06 bits per heavy atom. The molecular formula is C9H7F6NO2. The number of benzene rings is 1. The summed E-state index contributed by atoms with van der Waals surface area (Å²) in [5.74, 6) is 0. The third kappa shape index (κ3) is 4.80. The first kappa shape index (κ1) is 14.6. The minimum atomic E-state index is -5.53. The second-order valence-electron chi connectivity index (χ2n) is 3.01. The number of nitrogens with one attached hydrogen (secondary N) is 1. The molecule has 0 radical (unpaired) electrons. The van der Waals surface area contributed by atoms with Crippen LogP contribution < -0.4 is 5.48 Å². The lowest BCUT2D eigenvalue weighted by Gasteiger charge is -2.21. The third-order valence-electron chi connectivity index (χ3n) is 1.58. The fraction of sp³-hybridized carbons (Fsp3) is 0.333. The maximum atomic E-state index is 12.7. The van der Waals surface area contributed by atoms with Gasteiger partial charge in [0.05, 0.1) is 5.69 Å². The molecule has 102 valence electrons. The number of halogens is 6. The quantitative estimate of drug-likeness (QED) is 0.659. The molecule has 1 aromatic rings. The third-order valence-corrected chi connectivity index (χ3v) is 1.58. The lowest BCUT2D eigenvalue weighted by Crippen LogP contribution is -2.40. The van der Waals surface area contributed by atoms with E-state index in [9.17, 15) is 26.3 Å². The van der Waals surface area contributed by atoms with E-state index in [0.29, 0.717) is 0 Å². The Morgan fingerprint density at radius 2 is 1.56 bits per heavy atom. The van der Waals surface area contributed by atoms with Crippen molar-refractivity contribution >= 4 is 5.69 Å². The van der Waals surface area contributed by atoms with Gasteiger partial charge in [-0.1, -0.05) is 18.2 Å². The van der Waals surface area contributed by atoms with Crippen LogP contribution in [0.3, 0.4) is 0 Å². The Hall–Kier alpha value is -1.48. The lowest BCUT2D eigenvalue weighted by atomic mass is 10.3. The number of anilines is 1. The molecule has 0 fully saturated rings. The van der Waals surface area contributed by atoms with E-state index < -0.39 is 18.8 Å². The minimum absolute atomic E-state index is 0.0105. The van der Waals surface area contributed by atoms with E-state index in [-0.39, 0.29) is 5.69 Å². The number of ether oxygens (including phenoxy) is 1. The Morgan fingerprint density at radius 1 is 1.00 bits per heavy atom. The zero-order valence-electron chi connectivity index (χ0n) is 8.55. The van der Waals surface area contributed by atoms with Crippen LogP contribution in [0.5, 0.6) is 0 Å². The van der Waals surface area contributed by atoms with Gasteiger partial charge in [0, 0.05) is 0 Å². The summed E-state index contributed by atoms with van der Waals surface area (Å²) in [5, 5.41) is 0. The van der Waals surface area contributed by atoms with Gasteiger partial charge >= 0.3 is 12.5 Å². The number of hydrogen-bond donors (Lipinski definition) is 1. The molecule has 3 nitrogen and oxygen atoms in total. The number of hydrogen-bond acceptors (Lipinski definition) is 3. The van der Waals surface area contributed by atoms with Crippen molar-refractivity contribution in [2.24, 2.45) is 0 Å². The van der Waals surface area contributed by atoms with Gasteiger partial charge < -0.3 is 0 Å². The summed E-state index contributed by atoms with van der Waals surface area (Å²) in [6.45, 7) is 0. The highest BCUT2D eigenvalue weighted by atomic mass is 19.4. The average molecular weight is 275 g/mol. The van der Waals surface area contributed by atoms with Crippen molar-refractivity contribution in [1.29, 1.82) is 0 Å². The fourth-order valence-corrected chi connectivity index (χ4v) is 0.865. The summed E-state index contributed by atoms with van der Waals surface area (Å²) >= 11 is 0. The van der Waals surface area contributed by atoms with Crippen LogP contribution in [0.25, 0.3) is 0 Å². The molecule has 0 saturated heterocycles. The van der Waals surface area contributed by atoms with Crippen molar-refractivity contribution in [1.82, 2.24) is 0 Å². The van der Waals surface area contributed by atoms with Gasteiger partial charge in [0.1, 0.15) is 0 Å². The molecule has 0 heterocycles. The molecule has 1 atom stereocenters. The molecule has 1 unspecified atom stereocenters. The minimum Gasteiger partial charge on any atom is -0.261 e. The van der Waals surface area contributed by atoms with E-state index in [0.717, 1.165) is 0 Å². The van der Waals surface area contributed by atoms with Gasteiger partial charge in [-0.3, -0.25) is 5.48 Å². The molecule has 18 heavy (non-hydrogen) atoms. The summed E-state index contributed by atoms with van der Waals surface area (Å²) < 4.78 is 75.1. The molecule has 0 aromatic heterocycles. The maximum absolute atomic E-state index is 12.7. The van der Waals surface area contributed by atoms with Crippen molar-refractivity contribution in [3.63, 3.8) is 0 Å². The highest BCUT2D eigenvalue weighted by molar-refractivity contribution is 5.40. The number of alkyl halides is 6. The van der Waals surface area contributed by atoms with Crippen LogP contribution in [-0.4, -0.2) is 18.8 Å². The van der Waals surface area contributed by atoms with Gasteiger partial charge in [0.15, 0.2) is 0 Å². The standard InChI is InChI=1S/C9H7F6NO2/c10-7(17-9(13,14)15)8(11,12)18-16-6-4-2-1-3-5-6/h1-5,7,16H. The molecule has 0 saturated carbocycles. The summed E-state index contributed by atoms with van der Waals surface area (Å²) in [5.41, 5.74) is 1.62. The predicted octanol–water partition coefficient (Wildman–Crippen LogP) is 3.45. The SMILES string of the molecule is FC(OC(F)(F)F)C(F)(F)ONc1ccccc1. The van der Waals surface area contributed by atoms with Gasteiger partial charge in [0.2, 0.25) is 0 Å². The highest BCUT2D eigenvalue weighted by Gasteiger charge is 2.50. The van der Waals surface area contributed by atoms with E-state index >= 15 is 0 Å². The molecule has 0 amide bonds. The summed E-state index contributed by atoms with van der Waals surface area (Å²) in [4.78, 5) is 3.54. The zero-order valence-corrected chi connectivity index (χ0v) is 8.55. The van der Waals surface area contributed by atoms with Crippen LogP contribution in [0, 0.1) is 0 Å². The monoisotopic (exact) mass is 275 g/mol. The van der Waals surface area contributed by atoms with Crippen LogP contribution in [0.4, 0.5) is 32.0 Å². The Balaban J connectivity index is 2.54. The second-order valence-corrected chi connectivity index (χ2v) is 3.01. The van der Waals surface area contributed by atoms with Gasteiger partial charge in [-0.2, -0.15) is 13.6 Å². The molecule has 1 aromatic carbocycles. The second kappa shape index (κ2) is 5.44. The Labute approximate surface area is 97.3 Å². The normalized spacial score (nSPS) is 14.3. The van der Waals surface area contributed by atoms with Crippen molar-refractivity contribution < 1.29 is 35.9 Å². The average Bonchev–Trinajstić information content (AvgIpc) is 2.26. The van der Waals surface area contributed by atoms with Crippen LogP contribution in [0.1, 0.15) is 0 Å². The molecule has 0 spiro atoms. The van der Waals surface area contributed by atoms with Crippen molar-refractivity contribution in [2.45, 2.75) is 18.8 Å². The van der Waals surface area contributed by atoms with Crippen LogP contribution in [0.2, 0.25) is 0 Å². The van der Waals surface area contributed by atoms with Crippen LogP contribution in [0.15, 0.2) is 30.3 Å². The van der Waals surface area contributed by atoms with Crippen molar-refractivity contribution in [3.8, 4) is 0 Å². The van der Waals surface area contributed by atoms with Gasteiger partial charge in [-0.05, 0) is 12.1 Å². The molecule has 0 aliphatic heterocycles. The summed E-state index contributed by atoms with van der Waals surface area (Å²) in [6.07, 6.45) is -14.3. The van der Waals surface area contributed by atoms with E-state index in [1.807, 2.05) is 0 Å². The zero-order chi connectivity index (χ0) is 13.8. The fourth-order valence-electron chi connectivity index (χ4n) is 0.865. The molecule has 0 bridgehead atoms. The summed E-state index contributed by atoms with van der Waals surface area (Å²) in [6, 6.07) is 7.03. The van der Waals surface area contributed by atoms with Gasteiger partial charge in [-0.15, -0.1) is 13.2 Å². The molecule has 0 aliphatic rings. The largest absolute Gasteiger partial charge is 0.525 e. The van der Waals surface area contributed by atoms with E-state index in [1.54, 1.807) is 11.5 Å². The van der Waals surface area contributed by atoms with E-state index in [1.165, 1.54) is 24.3 Å². The molecule has 0 aliphatic carbocycles. The first-order valence-corrected chi connectivity index (χ1v) is 4.46. The highest BCUT2D eigenvalue weighted by Crippen LogP contribution is 2.30. The van der Waals surface area contributed by atoms with E-state index in [4.69, 9.17) is 0 Å². The van der Waals surface area contributed by atoms with Gasteiger partial charge in [0.25, 0.3) is 6.36 Å². The van der Waals surface area contributed by atoms with Crippen molar-refractivity contribution in [3.05, 3.63) is 30.3 Å². The predicted molar refractivity (Wildman–Crippen MR) is 48.1 cm³/mol.